The molecule has 0 heterocycles. The number of benzene rings is 3. The molecule has 26 heavy (non-hydrogen) atoms. The van der Waals surface area contributed by atoms with Gasteiger partial charge in [-0.05, 0) is 30.3 Å². The lowest BCUT2D eigenvalue weighted by Crippen LogP contribution is -2.27. The zero-order valence-corrected chi connectivity index (χ0v) is 14.7. The molecule has 3 rings (SSSR count). The van der Waals surface area contributed by atoms with E-state index >= 15 is 0 Å². The molecule has 0 radical (unpaired) electrons. The maximum Gasteiger partial charge on any atom is 0.213 e. The van der Waals surface area contributed by atoms with Gasteiger partial charge in [0.15, 0.2) is 0 Å². The quantitative estimate of drug-likeness (QED) is 0.241. The van der Waals surface area contributed by atoms with Crippen LogP contribution in [0.15, 0.2) is 84.0 Å². The Morgan fingerprint density at radius 2 is 1.58 bits per heavy atom. The maximum atomic E-state index is 8.05. The van der Waals surface area contributed by atoms with Crippen LogP contribution in [0.25, 0.3) is 0 Å². The van der Waals surface area contributed by atoms with Crippen LogP contribution in [0.3, 0.4) is 0 Å². The maximum absolute atomic E-state index is 8.05. The normalized spacial score (nSPS) is 11.0. The van der Waals surface area contributed by atoms with Gasteiger partial charge >= 0.3 is 0 Å². The Morgan fingerprint density at radius 1 is 0.923 bits per heavy atom. The van der Waals surface area contributed by atoms with Gasteiger partial charge in [0, 0.05) is 27.5 Å². The van der Waals surface area contributed by atoms with Crippen LogP contribution in [0.5, 0.6) is 0 Å². The van der Waals surface area contributed by atoms with Crippen molar-refractivity contribution in [3.8, 4) is 0 Å². The Balaban J connectivity index is 1.89. The number of nitrogens with two attached hydrogens (primary N) is 1. The minimum atomic E-state index is 0.0465. The van der Waals surface area contributed by atoms with Gasteiger partial charge in [-0.3, -0.25) is 5.41 Å². The zero-order valence-electron chi connectivity index (χ0n) is 13.9. The van der Waals surface area contributed by atoms with E-state index in [0.29, 0.717) is 22.0 Å². The third-order valence-corrected chi connectivity index (χ3v) is 3.88. The molecule has 6 heteroatoms. The third-order valence-electron chi connectivity index (χ3n) is 3.64. The summed E-state index contributed by atoms with van der Waals surface area (Å²) >= 11 is 6.13. The first-order chi connectivity index (χ1) is 12.6. The van der Waals surface area contributed by atoms with Gasteiger partial charge in [0.1, 0.15) is 0 Å². The summed E-state index contributed by atoms with van der Waals surface area (Å²) in [6.07, 6.45) is 0. The van der Waals surface area contributed by atoms with Crippen LogP contribution < -0.4 is 16.5 Å². The zero-order chi connectivity index (χ0) is 18.4. The lowest BCUT2D eigenvalue weighted by atomic mass is 10.0. The summed E-state index contributed by atoms with van der Waals surface area (Å²) in [5.41, 5.74) is 12.4. The van der Waals surface area contributed by atoms with E-state index in [2.05, 4.69) is 15.8 Å². The van der Waals surface area contributed by atoms with Gasteiger partial charge in [-0.15, -0.1) is 0 Å². The van der Waals surface area contributed by atoms with Gasteiger partial charge in [0.05, 0.1) is 5.71 Å². The Bertz CT molecular complexity index is 923. The topological polar surface area (TPSA) is 86.3 Å². The Morgan fingerprint density at radius 3 is 2.27 bits per heavy atom. The highest BCUT2D eigenvalue weighted by Crippen LogP contribution is 2.21. The summed E-state index contributed by atoms with van der Waals surface area (Å²) in [6, 6.07) is 24.3. The van der Waals surface area contributed by atoms with Crippen LogP contribution >= 0.6 is 11.6 Å². The number of para-hydroxylation sites is 1. The molecule has 5 N–H and O–H groups in total. The fraction of sp³-hybridized carbons (Fsp3) is 0. The Labute approximate surface area is 157 Å². The van der Waals surface area contributed by atoms with Crippen molar-refractivity contribution >= 4 is 34.6 Å². The number of hydrazone groups is 1. The summed E-state index contributed by atoms with van der Waals surface area (Å²) in [5.74, 6) is 0.0465. The number of rotatable bonds is 4. The Kier molecular flexibility index (Phi) is 5.51. The summed E-state index contributed by atoms with van der Waals surface area (Å²) in [6.45, 7) is 0. The first-order valence-electron chi connectivity index (χ1n) is 7.98. The van der Waals surface area contributed by atoms with Gasteiger partial charge in [0.25, 0.3) is 0 Å². The molecule has 3 aromatic carbocycles. The van der Waals surface area contributed by atoms with E-state index < -0.39 is 0 Å². The summed E-state index contributed by atoms with van der Waals surface area (Å²) in [5, 5.41) is 16.0. The monoisotopic (exact) mass is 363 g/mol. The average molecular weight is 364 g/mol. The van der Waals surface area contributed by atoms with Crippen molar-refractivity contribution in [2.45, 2.75) is 0 Å². The predicted octanol–water partition coefficient (Wildman–Crippen LogP) is 4.31. The second kappa shape index (κ2) is 8.18. The molecule has 0 aromatic heterocycles. The van der Waals surface area contributed by atoms with Gasteiger partial charge in [-0.25, -0.2) is 5.43 Å². The lowest BCUT2D eigenvalue weighted by molar-refractivity contribution is 1.01. The molecule has 0 aliphatic carbocycles. The molecule has 0 atom stereocenters. The standard InChI is InChI=1S/C20H18ClN5/c21-15-11-12-18(22)17(13-15)19(14-7-3-1-4-8-14)25-26-20(23)24-16-9-5-2-6-10-16/h1-13H,22H2,(H3,23,24,26)/b25-19+. The fourth-order valence-corrected chi connectivity index (χ4v) is 2.59. The predicted molar refractivity (Wildman–Crippen MR) is 109 cm³/mol. The minimum Gasteiger partial charge on any atom is -0.398 e. The van der Waals surface area contributed by atoms with E-state index in [1.54, 1.807) is 18.2 Å². The first-order valence-corrected chi connectivity index (χ1v) is 8.36. The van der Waals surface area contributed by atoms with Crippen LogP contribution in [0.1, 0.15) is 11.1 Å². The molecule has 130 valence electrons. The van der Waals surface area contributed by atoms with Crippen LogP contribution in [0.4, 0.5) is 11.4 Å². The number of guanidine groups is 1. The van der Waals surface area contributed by atoms with Gasteiger partial charge < -0.3 is 11.1 Å². The van der Waals surface area contributed by atoms with Crippen molar-refractivity contribution < 1.29 is 0 Å². The van der Waals surface area contributed by atoms with E-state index in [9.17, 15) is 0 Å². The molecule has 0 bridgehead atoms. The van der Waals surface area contributed by atoms with E-state index in [4.69, 9.17) is 22.7 Å². The average Bonchev–Trinajstić information content (AvgIpc) is 2.66. The number of halogens is 1. The molecular formula is C20H18ClN5. The number of nitrogens with one attached hydrogen (secondary N) is 3. The third kappa shape index (κ3) is 4.40. The highest BCUT2D eigenvalue weighted by Gasteiger charge is 2.12. The van der Waals surface area contributed by atoms with Gasteiger partial charge in [-0.2, -0.15) is 5.10 Å². The molecule has 0 spiro atoms. The number of anilines is 2. The minimum absolute atomic E-state index is 0.0465. The fourth-order valence-electron chi connectivity index (χ4n) is 2.42. The molecule has 0 saturated carbocycles. The number of hydrogen-bond acceptors (Lipinski definition) is 3. The smallest absolute Gasteiger partial charge is 0.213 e. The second-order valence-electron chi connectivity index (χ2n) is 5.54. The molecule has 3 aromatic rings. The Hall–Kier alpha value is -3.31. The van der Waals surface area contributed by atoms with Crippen LogP contribution in [-0.4, -0.2) is 11.7 Å². The van der Waals surface area contributed by atoms with Crippen LogP contribution in [0, 0.1) is 5.41 Å². The van der Waals surface area contributed by atoms with Crippen molar-refractivity contribution in [1.82, 2.24) is 5.43 Å². The molecule has 0 amide bonds. The van der Waals surface area contributed by atoms with Gasteiger partial charge in [0.2, 0.25) is 5.96 Å². The van der Waals surface area contributed by atoms with Crippen molar-refractivity contribution in [1.29, 1.82) is 5.41 Å². The van der Waals surface area contributed by atoms with E-state index in [0.717, 1.165) is 11.3 Å². The van der Waals surface area contributed by atoms with E-state index in [1.165, 1.54) is 0 Å². The van der Waals surface area contributed by atoms with Crippen molar-refractivity contribution in [3.63, 3.8) is 0 Å². The number of hydrogen-bond donors (Lipinski definition) is 4. The molecule has 0 fully saturated rings. The molecule has 5 nitrogen and oxygen atoms in total. The van der Waals surface area contributed by atoms with Crippen LogP contribution in [0.2, 0.25) is 5.02 Å². The SMILES string of the molecule is N=C(N/N=C(\c1ccccc1)c1cc(Cl)ccc1N)Nc1ccccc1. The highest BCUT2D eigenvalue weighted by molar-refractivity contribution is 6.31. The molecule has 0 unspecified atom stereocenters. The summed E-state index contributed by atoms with van der Waals surface area (Å²) < 4.78 is 0. The number of nitrogen functional groups attached to an aromatic ring is 1. The highest BCUT2D eigenvalue weighted by atomic mass is 35.5. The largest absolute Gasteiger partial charge is 0.398 e. The molecule has 0 aliphatic rings. The van der Waals surface area contributed by atoms with Crippen molar-refractivity contribution in [2.24, 2.45) is 5.10 Å². The van der Waals surface area contributed by atoms with Crippen LogP contribution in [-0.2, 0) is 0 Å². The summed E-state index contributed by atoms with van der Waals surface area (Å²) in [7, 11) is 0. The molecule has 0 saturated heterocycles. The molecular weight excluding hydrogens is 346 g/mol. The first kappa shape index (κ1) is 17.5. The van der Waals surface area contributed by atoms with E-state index in [1.807, 2.05) is 60.7 Å². The summed E-state index contributed by atoms with van der Waals surface area (Å²) in [4.78, 5) is 0. The van der Waals surface area contributed by atoms with E-state index in [-0.39, 0.29) is 5.96 Å². The second-order valence-corrected chi connectivity index (χ2v) is 5.97. The van der Waals surface area contributed by atoms with Crippen molar-refractivity contribution in [2.75, 3.05) is 11.1 Å². The van der Waals surface area contributed by atoms with Crippen molar-refractivity contribution in [3.05, 3.63) is 95.0 Å². The lowest BCUT2D eigenvalue weighted by Gasteiger charge is -2.12. The van der Waals surface area contributed by atoms with Gasteiger partial charge in [-0.1, -0.05) is 60.1 Å². The number of nitrogens with zero attached hydrogens (tertiary/aromatic N) is 1. The molecule has 0 aliphatic heterocycles.